The number of alkyl halides is 3. The normalized spacial score (nSPS) is 11.1. The first-order chi connectivity index (χ1) is 7.80. The number of rotatable bonds is 3. The van der Waals surface area contributed by atoms with Gasteiger partial charge >= 0.3 is 6.18 Å². The quantitative estimate of drug-likeness (QED) is 0.829. The maximum Gasteiger partial charge on any atom is 0.433 e. The molecule has 0 atom stereocenters. The number of pyridine rings is 1. The van der Waals surface area contributed by atoms with Gasteiger partial charge in [-0.25, -0.2) is 0 Å². The van der Waals surface area contributed by atoms with Gasteiger partial charge in [0.1, 0.15) is 5.69 Å². The van der Waals surface area contributed by atoms with Crippen molar-refractivity contribution in [1.82, 2.24) is 10.3 Å². The highest BCUT2D eigenvalue weighted by Crippen LogP contribution is 2.27. The van der Waals surface area contributed by atoms with Crippen LogP contribution in [-0.2, 0) is 6.18 Å². The highest BCUT2D eigenvalue weighted by atomic mass is 19.4. The minimum Gasteiger partial charge on any atom is -0.348 e. The van der Waals surface area contributed by atoms with Gasteiger partial charge in [-0.05, 0) is 19.1 Å². The fraction of sp³-hybridized carbons (Fsp3) is 0.273. The molecule has 1 heterocycles. The summed E-state index contributed by atoms with van der Waals surface area (Å²) in [5.41, 5.74) is -0.188. The molecule has 1 aromatic heterocycles. The molecule has 0 unspecified atom stereocenters. The highest BCUT2D eigenvalue weighted by molar-refractivity contribution is 5.93. The van der Waals surface area contributed by atoms with Gasteiger partial charge in [-0.3, -0.25) is 9.78 Å². The Labute approximate surface area is 96.4 Å². The molecule has 0 bridgehead atoms. The van der Waals surface area contributed by atoms with E-state index in [1.807, 2.05) is 0 Å². The lowest BCUT2D eigenvalue weighted by molar-refractivity contribution is -0.141. The Morgan fingerprint density at radius 1 is 1.47 bits per heavy atom. The standard InChI is InChI=1S/C11H11F3N2O/c1-7(2)5-16-10(17)8-3-4-9(15-6-8)11(12,13)14/h3-4,6H,1,5H2,2H3,(H,16,17). The van der Waals surface area contributed by atoms with E-state index in [9.17, 15) is 18.0 Å². The molecule has 0 saturated heterocycles. The molecular weight excluding hydrogens is 233 g/mol. The minimum absolute atomic E-state index is 0.0826. The molecule has 0 aromatic carbocycles. The van der Waals surface area contributed by atoms with Crippen molar-refractivity contribution in [2.24, 2.45) is 0 Å². The lowest BCUT2D eigenvalue weighted by atomic mass is 10.2. The first kappa shape index (κ1) is 13.2. The van der Waals surface area contributed by atoms with Crippen LogP contribution < -0.4 is 5.32 Å². The van der Waals surface area contributed by atoms with Crippen molar-refractivity contribution >= 4 is 5.91 Å². The number of nitrogens with zero attached hydrogens (tertiary/aromatic N) is 1. The third kappa shape index (κ3) is 3.90. The van der Waals surface area contributed by atoms with E-state index in [0.717, 1.165) is 23.9 Å². The molecule has 6 heteroatoms. The zero-order chi connectivity index (χ0) is 13.1. The van der Waals surface area contributed by atoms with Crippen molar-refractivity contribution < 1.29 is 18.0 Å². The molecule has 1 rings (SSSR count). The molecule has 92 valence electrons. The van der Waals surface area contributed by atoms with E-state index < -0.39 is 17.8 Å². The number of amides is 1. The number of carbonyl (C=O) groups excluding carboxylic acids is 1. The average Bonchev–Trinajstić information content (AvgIpc) is 2.25. The molecule has 1 amide bonds. The summed E-state index contributed by atoms with van der Waals surface area (Å²) in [6, 6.07) is 1.86. The van der Waals surface area contributed by atoms with Crippen LogP contribution in [-0.4, -0.2) is 17.4 Å². The molecule has 1 aromatic rings. The lowest BCUT2D eigenvalue weighted by Gasteiger charge is -2.07. The van der Waals surface area contributed by atoms with E-state index in [4.69, 9.17) is 0 Å². The fourth-order valence-electron chi connectivity index (χ4n) is 1.03. The van der Waals surface area contributed by atoms with Crippen molar-refractivity contribution in [3.05, 3.63) is 41.7 Å². The van der Waals surface area contributed by atoms with E-state index >= 15 is 0 Å². The number of carbonyl (C=O) groups is 1. The molecule has 1 N–H and O–H groups in total. The summed E-state index contributed by atoms with van der Waals surface area (Å²) in [5, 5.41) is 2.50. The number of hydrogen-bond donors (Lipinski definition) is 1. The maximum atomic E-state index is 12.2. The van der Waals surface area contributed by atoms with Crippen LogP contribution in [0.3, 0.4) is 0 Å². The van der Waals surface area contributed by atoms with Crippen LogP contribution in [0.2, 0.25) is 0 Å². The summed E-state index contributed by atoms with van der Waals surface area (Å²) >= 11 is 0. The summed E-state index contributed by atoms with van der Waals surface area (Å²) in [7, 11) is 0. The molecule has 17 heavy (non-hydrogen) atoms. The second-order valence-electron chi connectivity index (χ2n) is 3.57. The predicted molar refractivity (Wildman–Crippen MR) is 56.4 cm³/mol. The molecule has 0 aliphatic carbocycles. The number of hydrogen-bond acceptors (Lipinski definition) is 2. The Morgan fingerprint density at radius 2 is 2.12 bits per heavy atom. The van der Waals surface area contributed by atoms with E-state index in [0.29, 0.717) is 0 Å². The van der Waals surface area contributed by atoms with Crippen LogP contribution in [0, 0.1) is 0 Å². The third-order valence-corrected chi connectivity index (χ3v) is 1.87. The molecule has 0 radical (unpaired) electrons. The Balaban J connectivity index is 2.74. The van der Waals surface area contributed by atoms with Crippen LogP contribution in [0.1, 0.15) is 23.0 Å². The van der Waals surface area contributed by atoms with Gasteiger partial charge in [0.05, 0.1) is 5.56 Å². The Hall–Kier alpha value is -1.85. The summed E-state index contributed by atoms with van der Waals surface area (Å²) < 4.78 is 36.6. The first-order valence-electron chi connectivity index (χ1n) is 4.76. The Kier molecular flexibility index (Phi) is 3.88. The largest absolute Gasteiger partial charge is 0.433 e. The van der Waals surface area contributed by atoms with Crippen LogP contribution in [0.5, 0.6) is 0 Å². The van der Waals surface area contributed by atoms with E-state index in [2.05, 4.69) is 16.9 Å². The van der Waals surface area contributed by atoms with Gasteiger partial charge in [0, 0.05) is 12.7 Å². The third-order valence-electron chi connectivity index (χ3n) is 1.87. The second-order valence-corrected chi connectivity index (χ2v) is 3.57. The van der Waals surface area contributed by atoms with Gasteiger partial charge in [-0.15, -0.1) is 0 Å². The topological polar surface area (TPSA) is 42.0 Å². The molecular formula is C11H11F3N2O. The van der Waals surface area contributed by atoms with E-state index in [1.165, 1.54) is 0 Å². The summed E-state index contributed by atoms with van der Waals surface area (Å²) in [6.07, 6.45) is -3.59. The van der Waals surface area contributed by atoms with Gasteiger partial charge in [0.2, 0.25) is 0 Å². The summed E-state index contributed by atoms with van der Waals surface area (Å²) in [6.45, 7) is 5.59. The van der Waals surface area contributed by atoms with Crippen LogP contribution in [0.4, 0.5) is 13.2 Å². The molecule has 0 aliphatic rings. The average molecular weight is 244 g/mol. The molecule has 0 aliphatic heterocycles. The zero-order valence-electron chi connectivity index (χ0n) is 9.14. The lowest BCUT2D eigenvalue weighted by Crippen LogP contribution is -2.25. The van der Waals surface area contributed by atoms with E-state index in [-0.39, 0.29) is 12.1 Å². The van der Waals surface area contributed by atoms with Gasteiger partial charge in [-0.1, -0.05) is 12.2 Å². The second kappa shape index (κ2) is 4.99. The molecule has 0 spiro atoms. The molecule has 0 fully saturated rings. The number of halogens is 3. The predicted octanol–water partition coefficient (Wildman–Crippen LogP) is 2.41. The Bertz CT molecular complexity index is 423. The van der Waals surface area contributed by atoms with Gasteiger partial charge in [-0.2, -0.15) is 13.2 Å². The first-order valence-corrected chi connectivity index (χ1v) is 4.76. The smallest absolute Gasteiger partial charge is 0.348 e. The van der Waals surface area contributed by atoms with Gasteiger partial charge in [0.25, 0.3) is 5.91 Å². The zero-order valence-corrected chi connectivity index (χ0v) is 9.14. The van der Waals surface area contributed by atoms with Gasteiger partial charge in [0.15, 0.2) is 0 Å². The van der Waals surface area contributed by atoms with Crippen LogP contribution in [0.25, 0.3) is 0 Å². The van der Waals surface area contributed by atoms with Crippen molar-refractivity contribution in [3.63, 3.8) is 0 Å². The maximum absolute atomic E-state index is 12.2. The fourth-order valence-corrected chi connectivity index (χ4v) is 1.03. The molecule has 3 nitrogen and oxygen atoms in total. The monoisotopic (exact) mass is 244 g/mol. The molecule has 0 saturated carbocycles. The summed E-state index contributed by atoms with van der Waals surface area (Å²) in [5.74, 6) is -0.478. The van der Waals surface area contributed by atoms with E-state index in [1.54, 1.807) is 6.92 Å². The van der Waals surface area contributed by atoms with Crippen molar-refractivity contribution in [3.8, 4) is 0 Å². The van der Waals surface area contributed by atoms with Crippen molar-refractivity contribution in [2.75, 3.05) is 6.54 Å². The van der Waals surface area contributed by atoms with Crippen molar-refractivity contribution in [1.29, 1.82) is 0 Å². The summed E-state index contributed by atoms with van der Waals surface area (Å²) in [4.78, 5) is 14.6. The van der Waals surface area contributed by atoms with Crippen LogP contribution >= 0.6 is 0 Å². The van der Waals surface area contributed by atoms with Crippen LogP contribution in [0.15, 0.2) is 30.5 Å². The van der Waals surface area contributed by atoms with Gasteiger partial charge < -0.3 is 5.32 Å². The van der Waals surface area contributed by atoms with Crippen molar-refractivity contribution in [2.45, 2.75) is 13.1 Å². The number of nitrogens with one attached hydrogen (secondary N) is 1. The minimum atomic E-state index is -4.49. The Morgan fingerprint density at radius 3 is 2.53 bits per heavy atom. The number of aromatic nitrogens is 1. The highest BCUT2D eigenvalue weighted by Gasteiger charge is 2.32. The SMILES string of the molecule is C=C(C)CNC(=O)c1ccc(C(F)(F)F)nc1.